The van der Waals surface area contributed by atoms with E-state index in [0.717, 1.165) is 37.8 Å². The Balaban J connectivity index is 2.52. The number of hydrogen-bond donors (Lipinski definition) is 2. The van der Waals surface area contributed by atoms with E-state index in [1.165, 1.54) is 0 Å². The molecule has 2 rings (SSSR count). The maximum Gasteiger partial charge on any atom is 0.338 e. The smallest absolute Gasteiger partial charge is 0.338 e. The zero-order valence-electron chi connectivity index (χ0n) is 12.5. The molecule has 0 aromatic heterocycles. The van der Waals surface area contributed by atoms with Crippen LogP contribution in [0, 0.1) is 26.1 Å². The molecule has 2 N–H and O–H groups in total. The molecular weight excluding hydrogens is 306 g/mol. The van der Waals surface area contributed by atoms with Crippen LogP contribution in [0.1, 0.15) is 43.0 Å². The minimum Gasteiger partial charge on any atom is -0.478 e. The first-order chi connectivity index (χ1) is 10.8. The van der Waals surface area contributed by atoms with Gasteiger partial charge in [-0.15, -0.1) is 0 Å². The standard InChI is InChI=1S/C14H17N3O6/c1-8-4-2-3-5-11(8)15-13-10(14(18)19)6-9(16(20)21)7-12(13)17(22)23/h6-8,11,15H,2-5H2,1H3,(H,18,19). The summed E-state index contributed by atoms with van der Waals surface area (Å²) >= 11 is 0. The lowest BCUT2D eigenvalue weighted by Gasteiger charge is -2.30. The van der Waals surface area contributed by atoms with Crippen molar-refractivity contribution in [3.63, 3.8) is 0 Å². The van der Waals surface area contributed by atoms with E-state index in [-0.39, 0.29) is 17.6 Å². The third-order valence-corrected chi connectivity index (χ3v) is 4.18. The number of nitrogens with one attached hydrogen (secondary N) is 1. The highest BCUT2D eigenvalue weighted by molar-refractivity contribution is 5.98. The zero-order valence-corrected chi connectivity index (χ0v) is 12.5. The van der Waals surface area contributed by atoms with Crippen LogP contribution in [0.4, 0.5) is 17.1 Å². The van der Waals surface area contributed by atoms with E-state index in [9.17, 15) is 30.1 Å². The minimum atomic E-state index is -1.44. The molecule has 1 fully saturated rings. The third kappa shape index (κ3) is 3.55. The second kappa shape index (κ2) is 6.59. The quantitative estimate of drug-likeness (QED) is 0.627. The van der Waals surface area contributed by atoms with Crippen LogP contribution in [0.25, 0.3) is 0 Å². The number of carboxylic acid groups (broad SMARTS) is 1. The van der Waals surface area contributed by atoms with Crippen LogP contribution in [0.2, 0.25) is 0 Å². The van der Waals surface area contributed by atoms with E-state index in [1.807, 2.05) is 6.92 Å². The van der Waals surface area contributed by atoms with Crippen LogP contribution in [-0.4, -0.2) is 27.0 Å². The maximum atomic E-state index is 11.4. The van der Waals surface area contributed by atoms with Gasteiger partial charge in [-0.25, -0.2) is 4.79 Å². The molecule has 0 saturated heterocycles. The molecule has 2 atom stereocenters. The second-order valence-corrected chi connectivity index (χ2v) is 5.72. The molecule has 9 heteroatoms. The van der Waals surface area contributed by atoms with E-state index in [0.29, 0.717) is 0 Å². The fourth-order valence-corrected chi connectivity index (χ4v) is 2.90. The van der Waals surface area contributed by atoms with Crippen LogP contribution < -0.4 is 5.32 Å². The van der Waals surface area contributed by atoms with Crippen LogP contribution >= 0.6 is 0 Å². The summed E-state index contributed by atoms with van der Waals surface area (Å²) in [5, 5.41) is 34.4. The SMILES string of the molecule is CC1CCCCC1Nc1c(C(=O)O)cc([N+](=O)[O-])cc1[N+](=O)[O-]. The van der Waals surface area contributed by atoms with Crippen molar-refractivity contribution in [3.05, 3.63) is 37.9 Å². The molecule has 0 spiro atoms. The van der Waals surface area contributed by atoms with Gasteiger partial charge in [0.05, 0.1) is 21.5 Å². The molecule has 124 valence electrons. The average Bonchev–Trinajstić information content (AvgIpc) is 2.48. The molecule has 0 radical (unpaired) electrons. The van der Waals surface area contributed by atoms with Crippen molar-refractivity contribution in [3.8, 4) is 0 Å². The molecule has 0 heterocycles. The number of rotatable bonds is 5. The lowest BCUT2D eigenvalue weighted by molar-refractivity contribution is -0.393. The third-order valence-electron chi connectivity index (χ3n) is 4.18. The molecule has 2 unspecified atom stereocenters. The minimum absolute atomic E-state index is 0.0954. The number of benzene rings is 1. The van der Waals surface area contributed by atoms with E-state index >= 15 is 0 Å². The first-order valence-corrected chi connectivity index (χ1v) is 7.28. The molecule has 0 aliphatic heterocycles. The van der Waals surface area contributed by atoms with Crippen molar-refractivity contribution >= 4 is 23.0 Å². The van der Waals surface area contributed by atoms with E-state index in [1.54, 1.807) is 0 Å². The van der Waals surface area contributed by atoms with Crippen molar-refractivity contribution in [1.29, 1.82) is 0 Å². The van der Waals surface area contributed by atoms with Gasteiger partial charge < -0.3 is 10.4 Å². The molecule has 23 heavy (non-hydrogen) atoms. The van der Waals surface area contributed by atoms with Gasteiger partial charge in [0.2, 0.25) is 0 Å². The van der Waals surface area contributed by atoms with Crippen molar-refractivity contribution in [1.82, 2.24) is 0 Å². The number of nitro groups is 2. The summed E-state index contributed by atoms with van der Waals surface area (Å²) in [6.07, 6.45) is 3.73. The number of nitro benzene ring substituents is 2. The molecule has 0 bridgehead atoms. The van der Waals surface area contributed by atoms with Gasteiger partial charge in [-0.05, 0) is 18.8 Å². The Morgan fingerprint density at radius 1 is 1.22 bits per heavy atom. The van der Waals surface area contributed by atoms with E-state index in [2.05, 4.69) is 5.32 Å². The number of non-ortho nitro benzene ring substituents is 1. The Morgan fingerprint density at radius 2 is 1.87 bits per heavy atom. The average molecular weight is 323 g/mol. The molecular formula is C14H17N3O6. The Morgan fingerprint density at radius 3 is 2.39 bits per heavy atom. The molecule has 1 aromatic carbocycles. The Hall–Kier alpha value is -2.71. The number of carbonyl (C=O) groups is 1. The van der Waals surface area contributed by atoms with Crippen LogP contribution in [0.5, 0.6) is 0 Å². The summed E-state index contributed by atoms with van der Waals surface area (Å²) < 4.78 is 0. The summed E-state index contributed by atoms with van der Waals surface area (Å²) in [6.45, 7) is 1.99. The molecule has 1 aromatic rings. The fraction of sp³-hybridized carbons (Fsp3) is 0.500. The Bertz CT molecular complexity index is 625. The second-order valence-electron chi connectivity index (χ2n) is 5.72. The molecule has 1 aliphatic carbocycles. The van der Waals surface area contributed by atoms with Crippen molar-refractivity contribution in [2.45, 2.75) is 38.6 Å². The van der Waals surface area contributed by atoms with Gasteiger partial charge in [0.15, 0.2) is 0 Å². The highest BCUT2D eigenvalue weighted by Crippen LogP contribution is 2.36. The van der Waals surface area contributed by atoms with E-state index < -0.39 is 32.8 Å². The highest BCUT2D eigenvalue weighted by Gasteiger charge is 2.30. The summed E-state index contributed by atoms with van der Waals surface area (Å²) in [7, 11) is 0. The predicted octanol–water partition coefficient (Wildman–Crippen LogP) is 3.19. The summed E-state index contributed by atoms with van der Waals surface area (Å²) in [5.74, 6) is -1.21. The molecule has 9 nitrogen and oxygen atoms in total. The first-order valence-electron chi connectivity index (χ1n) is 7.28. The van der Waals surface area contributed by atoms with Crippen molar-refractivity contribution < 1.29 is 19.7 Å². The lowest BCUT2D eigenvalue weighted by atomic mass is 9.85. The molecule has 1 saturated carbocycles. The summed E-state index contributed by atoms with van der Waals surface area (Å²) in [5.41, 5.74) is -1.82. The summed E-state index contributed by atoms with van der Waals surface area (Å²) in [6, 6.07) is 1.55. The maximum absolute atomic E-state index is 11.4. The van der Waals surface area contributed by atoms with Crippen molar-refractivity contribution in [2.24, 2.45) is 5.92 Å². The van der Waals surface area contributed by atoms with Crippen LogP contribution in [-0.2, 0) is 0 Å². The van der Waals surface area contributed by atoms with Crippen LogP contribution in [0.3, 0.4) is 0 Å². The highest BCUT2D eigenvalue weighted by atomic mass is 16.6. The number of carboxylic acids is 1. The van der Waals surface area contributed by atoms with Gasteiger partial charge >= 0.3 is 5.97 Å². The van der Waals surface area contributed by atoms with E-state index in [4.69, 9.17) is 0 Å². The van der Waals surface area contributed by atoms with Gasteiger partial charge in [0.25, 0.3) is 11.4 Å². The van der Waals surface area contributed by atoms with Gasteiger partial charge in [0.1, 0.15) is 5.69 Å². The zero-order chi connectivity index (χ0) is 17.1. The lowest BCUT2D eigenvalue weighted by Crippen LogP contribution is -2.31. The summed E-state index contributed by atoms with van der Waals surface area (Å²) in [4.78, 5) is 31.9. The van der Waals surface area contributed by atoms with Gasteiger partial charge in [-0.3, -0.25) is 20.2 Å². The largest absolute Gasteiger partial charge is 0.478 e. The first kappa shape index (κ1) is 16.7. The number of nitrogens with zero attached hydrogens (tertiary/aromatic N) is 2. The number of anilines is 1. The van der Waals surface area contributed by atoms with Gasteiger partial charge in [0, 0.05) is 12.1 Å². The van der Waals surface area contributed by atoms with Gasteiger partial charge in [-0.2, -0.15) is 0 Å². The Labute approximate surface area is 131 Å². The molecule has 1 aliphatic rings. The topological polar surface area (TPSA) is 136 Å². The monoisotopic (exact) mass is 323 g/mol. The van der Waals surface area contributed by atoms with Crippen LogP contribution in [0.15, 0.2) is 12.1 Å². The number of hydrogen-bond acceptors (Lipinski definition) is 6. The Kier molecular flexibility index (Phi) is 4.77. The normalized spacial score (nSPS) is 20.7. The molecule has 0 amide bonds. The van der Waals surface area contributed by atoms with Gasteiger partial charge in [-0.1, -0.05) is 19.8 Å². The predicted molar refractivity (Wildman–Crippen MR) is 81.8 cm³/mol. The fourth-order valence-electron chi connectivity index (χ4n) is 2.90. The van der Waals surface area contributed by atoms with Crippen molar-refractivity contribution in [2.75, 3.05) is 5.32 Å². The number of aromatic carboxylic acids is 1.